The molecule has 0 aromatic heterocycles. The summed E-state index contributed by atoms with van der Waals surface area (Å²) in [5.74, 6) is -0.123. The van der Waals surface area contributed by atoms with Crippen LogP contribution in [0.25, 0.3) is 0 Å². The number of rotatable bonds is 7. The van der Waals surface area contributed by atoms with E-state index in [-0.39, 0.29) is 30.0 Å². The quantitative estimate of drug-likeness (QED) is 0.637. The summed E-state index contributed by atoms with van der Waals surface area (Å²) >= 11 is 0. The predicted octanol–water partition coefficient (Wildman–Crippen LogP) is 1.53. The molecular formula is C20H24N2O8. The summed E-state index contributed by atoms with van der Waals surface area (Å²) in [6.45, 7) is 4.10. The first-order valence-electron chi connectivity index (χ1n) is 9.60. The summed E-state index contributed by atoms with van der Waals surface area (Å²) in [5.41, 5.74) is 0.593. The minimum atomic E-state index is -0.679. The number of benzene rings is 1. The monoisotopic (exact) mass is 420 g/mol. The van der Waals surface area contributed by atoms with Crippen molar-refractivity contribution in [3.63, 3.8) is 0 Å². The first-order valence-corrected chi connectivity index (χ1v) is 9.60. The van der Waals surface area contributed by atoms with Crippen LogP contribution >= 0.6 is 0 Å². The van der Waals surface area contributed by atoms with Gasteiger partial charge in [0.15, 0.2) is 11.5 Å². The van der Waals surface area contributed by atoms with Crippen LogP contribution in [0.4, 0.5) is 4.79 Å². The van der Waals surface area contributed by atoms with E-state index in [1.165, 1.54) is 19.2 Å². The Hall–Kier alpha value is -3.43. The summed E-state index contributed by atoms with van der Waals surface area (Å²) < 4.78 is 26.8. The summed E-state index contributed by atoms with van der Waals surface area (Å²) in [5, 5.41) is 5.19. The number of methoxy groups -OCH3 is 1. The van der Waals surface area contributed by atoms with Crippen LogP contribution in [0.5, 0.6) is 17.2 Å². The Bertz CT molecular complexity index is 863. The van der Waals surface area contributed by atoms with Crippen molar-refractivity contribution in [2.45, 2.75) is 26.3 Å². The predicted molar refractivity (Wildman–Crippen MR) is 104 cm³/mol. The molecule has 2 aliphatic rings. The Morgan fingerprint density at radius 2 is 1.90 bits per heavy atom. The number of hydrogen-bond donors (Lipinski definition) is 2. The molecule has 2 N–H and O–H groups in total. The number of urea groups is 1. The Labute approximate surface area is 173 Å². The van der Waals surface area contributed by atoms with Crippen molar-refractivity contribution < 1.29 is 38.1 Å². The second-order valence-electron chi connectivity index (χ2n) is 6.45. The molecule has 0 bridgehead atoms. The molecule has 2 heterocycles. The molecule has 162 valence electrons. The first-order chi connectivity index (χ1) is 14.5. The van der Waals surface area contributed by atoms with E-state index in [0.29, 0.717) is 36.9 Å². The van der Waals surface area contributed by atoms with Gasteiger partial charge in [-0.1, -0.05) is 6.92 Å². The molecular weight excluding hydrogens is 396 g/mol. The van der Waals surface area contributed by atoms with E-state index in [2.05, 4.69) is 10.6 Å². The molecule has 1 aromatic rings. The standard InChI is InChI=1S/C20H24N2O8/c1-4-12-16(19(24)27-5-2)13(22-20(25)21-12)10-30-18(23)11-8-14(26-3)17-15(9-11)28-6-7-29-17/h8-9,12H,4-7,10H2,1-3H3,(H2,21,22,25)/t12-/m1/s1. The van der Waals surface area contributed by atoms with Gasteiger partial charge in [0, 0.05) is 0 Å². The lowest BCUT2D eigenvalue weighted by Crippen LogP contribution is -2.51. The van der Waals surface area contributed by atoms with E-state index in [1.54, 1.807) is 6.92 Å². The van der Waals surface area contributed by atoms with Gasteiger partial charge in [-0.05, 0) is 25.5 Å². The van der Waals surface area contributed by atoms with Crippen LogP contribution in [0.3, 0.4) is 0 Å². The van der Waals surface area contributed by atoms with E-state index >= 15 is 0 Å². The van der Waals surface area contributed by atoms with Gasteiger partial charge in [-0.3, -0.25) is 0 Å². The largest absolute Gasteiger partial charge is 0.493 e. The number of amides is 2. The Balaban J connectivity index is 1.82. The van der Waals surface area contributed by atoms with Gasteiger partial charge in [0.05, 0.1) is 36.6 Å². The highest BCUT2D eigenvalue weighted by molar-refractivity contribution is 5.95. The zero-order valence-electron chi connectivity index (χ0n) is 17.0. The van der Waals surface area contributed by atoms with Gasteiger partial charge in [-0.25, -0.2) is 14.4 Å². The number of esters is 2. The number of nitrogens with one attached hydrogen (secondary N) is 2. The number of fused-ring (bicyclic) bond motifs is 1. The molecule has 0 radical (unpaired) electrons. The minimum Gasteiger partial charge on any atom is -0.493 e. The maximum Gasteiger partial charge on any atom is 0.338 e. The lowest BCUT2D eigenvalue weighted by molar-refractivity contribution is -0.139. The van der Waals surface area contributed by atoms with Gasteiger partial charge in [0.2, 0.25) is 5.75 Å². The van der Waals surface area contributed by atoms with Crippen LogP contribution in [-0.2, 0) is 14.3 Å². The molecule has 0 saturated carbocycles. The maximum atomic E-state index is 12.6. The molecule has 10 heteroatoms. The fourth-order valence-corrected chi connectivity index (χ4v) is 3.19. The number of hydrogen-bond acceptors (Lipinski definition) is 8. The molecule has 3 rings (SSSR count). The highest BCUT2D eigenvalue weighted by Crippen LogP contribution is 2.40. The topological polar surface area (TPSA) is 121 Å². The van der Waals surface area contributed by atoms with E-state index in [0.717, 1.165) is 0 Å². The first kappa shape index (κ1) is 21.3. The van der Waals surface area contributed by atoms with Gasteiger partial charge in [-0.2, -0.15) is 0 Å². The average Bonchev–Trinajstić information content (AvgIpc) is 2.76. The Morgan fingerprint density at radius 3 is 2.60 bits per heavy atom. The Morgan fingerprint density at radius 1 is 1.13 bits per heavy atom. The van der Waals surface area contributed by atoms with Crippen molar-refractivity contribution in [2.24, 2.45) is 0 Å². The van der Waals surface area contributed by atoms with Gasteiger partial charge >= 0.3 is 18.0 Å². The van der Waals surface area contributed by atoms with Gasteiger partial charge < -0.3 is 34.3 Å². The van der Waals surface area contributed by atoms with Crippen molar-refractivity contribution in [3.8, 4) is 17.2 Å². The SMILES string of the molecule is CCOC(=O)C1=C(COC(=O)c2cc(OC)c3c(c2)OCCO3)NC(=O)N[C@@H]1CC. The van der Waals surface area contributed by atoms with Crippen LogP contribution in [0.1, 0.15) is 30.6 Å². The van der Waals surface area contributed by atoms with E-state index < -0.39 is 24.0 Å². The molecule has 0 unspecified atom stereocenters. The smallest absolute Gasteiger partial charge is 0.338 e. The van der Waals surface area contributed by atoms with Crippen molar-refractivity contribution >= 4 is 18.0 Å². The summed E-state index contributed by atoms with van der Waals surface area (Å²) in [7, 11) is 1.45. The molecule has 2 amide bonds. The van der Waals surface area contributed by atoms with Crippen molar-refractivity contribution in [3.05, 3.63) is 29.0 Å². The normalized spacial score (nSPS) is 17.6. The summed E-state index contributed by atoms with van der Waals surface area (Å²) in [4.78, 5) is 37.0. The van der Waals surface area contributed by atoms with E-state index in [9.17, 15) is 14.4 Å². The van der Waals surface area contributed by atoms with Crippen molar-refractivity contribution in [1.29, 1.82) is 0 Å². The zero-order chi connectivity index (χ0) is 21.7. The van der Waals surface area contributed by atoms with E-state index in [4.69, 9.17) is 23.7 Å². The Kier molecular flexibility index (Phi) is 6.65. The maximum absolute atomic E-state index is 12.6. The molecule has 0 fully saturated rings. The minimum absolute atomic E-state index is 0.177. The summed E-state index contributed by atoms with van der Waals surface area (Å²) in [6, 6.07) is 1.95. The fourth-order valence-electron chi connectivity index (χ4n) is 3.19. The van der Waals surface area contributed by atoms with Gasteiger partial charge in [0.1, 0.15) is 19.8 Å². The molecule has 1 aromatic carbocycles. The second kappa shape index (κ2) is 9.38. The number of ether oxygens (including phenoxy) is 5. The highest BCUT2D eigenvalue weighted by Gasteiger charge is 2.32. The highest BCUT2D eigenvalue weighted by atomic mass is 16.6. The fraction of sp³-hybridized carbons (Fsp3) is 0.450. The molecule has 1 atom stereocenters. The molecule has 30 heavy (non-hydrogen) atoms. The van der Waals surface area contributed by atoms with Crippen LogP contribution in [0, 0.1) is 0 Å². The van der Waals surface area contributed by atoms with Crippen LogP contribution in [-0.4, -0.2) is 57.5 Å². The van der Waals surface area contributed by atoms with Crippen molar-refractivity contribution in [1.82, 2.24) is 10.6 Å². The lowest BCUT2D eigenvalue weighted by atomic mass is 10.0. The van der Waals surface area contributed by atoms with Gasteiger partial charge in [0.25, 0.3) is 0 Å². The third-order valence-electron chi connectivity index (χ3n) is 4.56. The molecule has 0 saturated heterocycles. The number of carbonyl (C=O) groups excluding carboxylic acids is 3. The molecule has 10 nitrogen and oxygen atoms in total. The van der Waals surface area contributed by atoms with E-state index in [1.807, 2.05) is 6.92 Å². The third kappa shape index (κ3) is 4.42. The lowest BCUT2D eigenvalue weighted by Gasteiger charge is -2.28. The number of carbonyl (C=O) groups is 3. The zero-order valence-corrected chi connectivity index (χ0v) is 17.0. The second-order valence-corrected chi connectivity index (χ2v) is 6.45. The average molecular weight is 420 g/mol. The molecule has 0 spiro atoms. The van der Waals surface area contributed by atoms with Gasteiger partial charge in [-0.15, -0.1) is 0 Å². The molecule has 0 aliphatic carbocycles. The van der Waals surface area contributed by atoms with Crippen molar-refractivity contribution in [2.75, 3.05) is 33.5 Å². The van der Waals surface area contributed by atoms with Crippen LogP contribution in [0.15, 0.2) is 23.4 Å². The van der Waals surface area contributed by atoms with Crippen LogP contribution in [0.2, 0.25) is 0 Å². The van der Waals surface area contributed by atoms with Crippen LogP contribution < -0.4 is 24.8 Å². The molecule has 2 aliphatic heterocycles. The summed E-state index contributed by atoms with van der Waals surface area (Å²) in [6.07, 6.45) is 0.471. The third-order valence-corrected chi connectivity index (χ3v) is 4.56.